The van der Waals surface area contributed by atoms with Gasteiger partial charge in [0, 0.05) is 11.5 Å². The molecule has 4 heteroatoms. The minimum absolute atomic E-state index is 0.669. The summed E-state index contributed by atoms with van der Waals surface area (Å²) in [6.07, 6.45) is 7.58. The third-order valence-electron chi connectivity index (χ3n) is 1.70. The van der Waals surface area contributed by atoms with Crippen LogP contribution < -0.4 is 0 Å². The molecule has 0 spiro atoms. The second-order valence-corrected chi connectivity index (χ2v) is 3.84. The largest absolute Gasteiger partial charge is 0.0940 e. The second kappa shape index (κ2) is 18.8. The maximum absolute atomic E-state index is 8.00. The van der Waals surface area contributed by atoms with Crippen LogP contribution in [0.15, 0.2) is 5.11 Å². The van der Waals surface area contributed by atoms with Crippen LogP contribution in [0.2, 0.25) is 0 Å². The summed E-state index contributed by atoms with van der Waals surface area (Å²) in [5.41, 5.74) is 8.00. The first-order valence-corrected chi connectivity index (χ1v) is 7.01. The van der Waals surface area contributed by atoms with Gasteiger partial charge in [-0.3, -0.25) is 0 Å². The molecule has 0 aliphatic carbocycles. The van der Waals surface area contributed by atoms with Gasteiger partial charge in [0.1, 0.15) is 0 Å². The summed E-state index contributed by atoms with van der Waals surface area (Å²) < 4.78 is 1.27. The predicted octanol–water partition coefficient (Wildman–Crippen LogP) is 5.10. The zero-order valence-corrected chi connectivity index (χ0v) is 11.5. The normalized spacial score (nSPS) is 8.50. The molecule has 0 rings (SSSR count). The maximum Gasteiger partial charge on any atom is 0.0257 e. The summed E-state index contributed by atoms with van der Waals surface area (Å²) in [6.45, 7) is 4.67. The van der Waals surface area contributed by atoms with Crippen LogP contribution >= 0.6 is 22.6 Å². The molecule has 0 heterocycles. The van der Waals surface area contributed by atoms with Crippen molar-refractivity contribution in [1.29, 1.82) is 0 Å². The molecule has 0 radical (unpaired) electrons. The number of alkyl halides is 1. The molecule has 0 bridgehead atoms. The van der Waals surface area contributed by atoms with Gasteiger partial charge in [0.2, 0.25) is 0 Å². The fraction of sp³-hybridized carbons (Fsp3) is 1.00. The van der Waals surface area contributed by atoms with Crippen molar-refractivity contribution in [3.8, 4) is 0 Å². The Kier molecular flexibility index (Phi) is 22.1. The van der Waals surface area contributed by atoms with Crippen LogP contribution in [0.1, 0.15) is 52.4 Å². The van der Waals surface area contributed by atoms with E-state index < -0.39 is 0 Å². The Morgan fingerprint density at radius 1 is 1.00 bits per heavy atom. The lowest BCUT2D eigenvalue weighted by Crippen LogP contribution is -1.82. The van der Waals surface area contributed by atoms with Crippen molar-refractivity contribution < 1.29 is 0 Å². The zero-order valence-electron chi connectivity index (χ0n) is 9.38. The molecule has 0 N–H and O–H groups in total. The van der Waals surface area contributed by atoms with E-state index in [0.29, 0.717) is 6.54 Å². The number of unbranched alkanes of at least 4 members (excludes halogenated alkanes) is 5. The van der Waals surface area contributed by atoms with Gasteiger partial charge in [-0.15, -0.1) is 0 Å². The summed E-state index contributed by atoms with van der Waals surface area (Å²) in [5.74, 6) is 0. The zero-order chi connectivity index (χ0) is 11.1. The Morgan fingerprint density at radius 2 is 1.50 bits per heavy atom. The molecule has 0 aliphatic heterocycles. The van der Waals surface area contributed by atoms with E-state index in [4.69, 9.17) is 5.53 Å². The number of hydrogen-bond acceptors (Lipinski definition) is 1. The highest BCUT2D eigenvalue weighted by Gasteiger charge is 1.89. The molecule has 0 amide bonds. The standard InChI is InChI=1S/C8H16IN3.C2H6/c9-7-5-3-1-2-4-6-8-11-12-10;1-2/h1-8H2;1-2H3. The molecule has 0 aliphatic rings. The third-order valence-corrected chi connectivity index (χ3v) is 2.47. The van der Waals surface area contributed by atoms with Crippen LogP contribution in [-0.4, -0.2) is 11.0 Å². The molecule has 0 aromatic carbocycles. The highest BCUT2D eigenvalue weighted by molar-refractivity contribution is 14.1. The van der Waals surface area contributed by atoms with Crippen LogP contribution in [0, 0.1) is 0 Å². The van der Waals surface area contributed by atoms with Crippen LogP contribution in [0.3, 0.4) is 0 Å². The maximum atomic E-state index is 8.00. The average molecular weight is 311 g/mol. The van der Waals surface area contributed by atoms with Crippen LogP contribution in [-0.2, 0) is 0 Å². The number of rotatable bonds is 8. The van der Waals surface area contributed by atoms with Crippen molar-refractivity contribution >= 4 is 22.6 Å². The Bertz CT molecular complexity index is 133. The molecule has 0 aromatic rings. The quantitative estimate of drug-likeness (QED) is 0.150. The van der Waals surface area contributed by atoms with Crippen molar-refractivity contribution in [2.45, 2.75) is 52.4 Å². The monoisotopic (exact) mass is 311 g/mol. The summed E-state index contributed by atoms with van der Waals surface area (Å²) in [5, 5.41) is 3.49. The van der Waals surface area contributed by atoms with E-state index in [0.717, 1.165) is 6.42 Å². The molecule has 0 fully saturated rings. The molecular weight excluding hydrogens is 289 g/mol. The van der Waals surface area contributed by atoms with Gasteiger partial charge in [-0.05, 0) is 22.8 Å². The fourth-order valence-electron chi connectivity index (χ4n) is 1.03. The van der Waals surface area contributed by atoms with E-state index in [1.54, 1.807) is 0 Å². The topological polar surface area (TPSA) is 48.8 Å². The minimum Gasteiger partial charge on any atom is -0.0940 e. The summed E-state index contributed by atoms with van der Waals surface area (Å²) in [4.78, 5) is 2.71. The molecule has 0 atom stereocenters. The van der Waals surface area contributed by atoms with Gasteiger partial charge in [0.15, 0.2) is 0 Å². The van der Waals surface area contributed by atoms with E-state index in [1.807, 2.05) is 13.8 Å². The van der Waals surface area contributed by atoms with Crippen molar-refractivity contribution in [1.82, 2.24) is 0 Å². The lowest BCUT2D eigenvalue weighted by Gasteiger charge is -1.97. The van der Waals surface area contributed by atoms with E-state index in [-0.39, 0.29) is 0 Å². The molecule has 84 valence electrons. The van der Waals surface area contributed by atoms with Crippen LogP contribution in [0.25, 0.3) is 10.4 Å². The summed E-state index contributed by atoms with van der Waals surface area (Å²) >= 11 is 2.41. The van der Waals surface area contributed by atoms with E-state index in [1.165, 1.54) is 36.5 Å². The molecule has 3 nitrogen and oxygen atoms in total. The molecule has 14 heavy (non-hydrogen) atoms. The van der Waals surface area contributed by atoms with Gasteiger partial charge in [-0.2, -0.15) is 0 Å². The number of nitrogens with zero attached hydrogens (tertiary/aromatic N) is 3. The van der Waals surface area contributed by atoms with Crippen molar-refractivity contribution in [3.05, 3.63) is 10.4 Å². The van der Waals surface area contributed by atoms with Crippen LogP contribution in [0.5, 0.6) is 0 Å². The van der Waals surface area contributed by atoms with E-state index >= 15 is 0 Å². The smallest absolute Gasteiger partial charge is 0.0257 e. The van der Waals surface area contributed by atoms with Crippen molar-refractivity contribution in [3.63, 3.8) is 0 Å². The van der Waals surface area contributed by atoms with Gasteiger partial charge in [0.25, 0.3) is 0 Å². The first-order chi connectivity index (χ1) is 6.91. The Balaban J connectivity index is 0. The van der Waals surface area contributed by atoms with Gasteiger partial charge in [-0.25, -0.2) is 0 Å². The lowest BCUT2D eigenvalue weighted by molar-refractivity contribution is 0.615. The first-order valence-electron chi connectivity index (χ1n) is 5.48. The number of azide groups is 1. The summed E-state index contributed by atoms with van der Waals surface area (Å²) in [7, 11) is 0. The third kappa shape index (κ3) is 18.0. The van der Waals surface area contributed by atoms with Gasteiger partial charge in [-0.1, -0.05) is 67.2 Å². The Labute approximate surface area is 101 Å². The predicted molar refractivity (Wildman–Crippen MR) is 72.0 cm³/mol. The highest BCUT2D eigenvalue weighted by atomic mass is 127. The van der Waals surface area contributed by atoms with Crippen LogP contribution in [0.4, 0.5) is 0 Å². The molecule has 0 aromatic heterocycles. The van der Waals surface area contributed by atoms with Crippen molar-refractivity contribution in [2.75, 3.05) is 11.0 Å². The number of hydrogen-bond donors (Lipinski definition) is 0. The second-order valence-electron chi connectivity index (χ2n) is 2.76. The Morgan fingerprint density at radius 3 is 2.00 bits per heavy atom. The van der Waals surface area contributed by atoms with E-state index in [2.05, 4.69) is 32.6 Å². The Hall–Kier alpha value is 0.0400. The minimum atomic E-state index is 0.669. The fourth-order valence-corrected chi connectivity index (χ4v) is 1.57. The molecular formula is C10H22IN3. The highest BCUT2D eigenvalue weighted by Crippen LogP contribution is 2.06. The van der Waals surface area contributed by atoms with Gasteiger partial charge in [0.05, 0.1) is 0 Å². The number of halogens is 1. The molecule has 0 saturated carbocycles. The molecule has 0 unspecified atom stereocenters. The average Bonchev–Trinajstić information content (AvgIpc) is 2.25. The van der Waals surface area contributed by atoms with E-state index in [9.17, 15) is 0 Å². The lowest BCUT2D eigenvalue weighted by atomic mass is 10.1. The first kappa shape index (κ1) is 16.5. The molecule has 0 saturated heterocycles. The van der Waals surface area contributed by atoms with Gasteiger partial charge < -0.3 is 0 Å². The van der Waals surface area contributed by atoms with Crippen molar-refractivity contribution in [2.24, 2.45) is 5.11 Å². The van der Waals surface area contributed by atoms with Gasteiger partial charge >= 0.3 is 0 Å². The SMILES string of the molecule is CC.[N-]=[N+]=NCCCCCCCCI. The summed E-state index contributed by atoms with van der Waals surface area (Å²) in [6, 6.07) is 0.